The fraction of sp³-hybridized carbons (Fsp3) is 0.333. The van der Waals surface area contributed by atoms with Crippen LogP contribution in [0.1, 0.15) is 63.7 Å². The maximum absolute atomic E-state index is 12.8. The normalized spacial score (nSPS) is 11.1. The summed E-state index contributed by atoms with van der Waals surface area (Å²) >= 11 is 0. The minimum Gasteiger partial charge on any atom is -0.478 e. The number of nitrogens with zero attached hydrogens (tertiary/aromatic N) is 4. The molecule has 0 radical (unpaired) electrons. The molecule has 0 spiro atoms. The van der Waals surface area contributed by atoms with Gasteiger partial charge in [-0.05, 0) is 37.5 Å². The molecule has 1 amide bonds. The van der Waals surface area contributed by atoms with E-state index in [0.717, 1.165) is 11.3 Å². The average Bonchev–Trinajstić information content (AvgIpc) is 3.23. The number of aromatic carboxylic acids is 1. The molecule has 8 nitrogen and oxygen atoms in total. The van der Waals surface area contributed by atoms with E-state index in [9.17, 15) is 9.59 Å². The number of furan rings is 1. The van der Waals surface area contributed by atoms with E-state index in [-0.39, 0.29) is 23.8 Å². The predicted octanol–water partition coefficient (Wildman–Crippen LogP) is 3.57. The number of amides is 1. The Bertz CT molecular complexity index is 1060. The van der Waals surface area contributed by atoms with Crippen LogP contribution in [-0.2, 0) is 6.54 Å². The Hall–Kier alpha value is -3.42. The molecule has 0 aliphatic heterocycles. The number of carbonyl (C=O) groups excluding carboxylic acids is 1. The number of hydrogen-bond donors (Lipinski definition) is 1. The molecule has 0 saturated heterocycles. The zero-order chi connectivity index (χ0) is 21.3. The van der Waals surface area contributed by atoms with E-state index in [1.54, 1.807) is 25.6 Å². The molecule has 29 heavy (non-hydrogen) atoms. The second kappa shape index (κ2) is 7.90. The highest BCUT2D eigenvalue weighted by Gasteiger charge is 2.22. The molecule has 1 N–H and O–H groups in total. The smallest absolute Gasteiger partial charge is 0.339 e. The van der Waals surface area contributed by atoms with Crippen molar-refractivity contribution in [2.75, 3.05) is 7.05 Å². The van der Waals surface area contributed by atoms with Crippen LogP contribution >= 0.6 is 0 Å². The van der Waals surface area contributed by atoms with E-state index < -0.39 is 5.97 Å². The number of aryl methyl sites for hydroxylation is 2. The second-order valence-corrected chi connectivity index (χ2v) is 7.26. The molecule has 2 heterocycles. The van der Waals surface area contributed by atoms with Gasteiger partial charge in [-0.15, -0.1) is 5.10 Å². The summed E-state index contributed by atoms with van der Waals surface area (Å²) in [6, 6.07) is 9.32. The van der Waals surface area contributed by atoms with Crippen molar-refractivity contribution >= 4 is 11.9 Å². The van der Waals surface area contributed by atoms with Crippen LogP contribution in [0.3, 0.4) is 0 Å². The Kier molecular flexibility index (Phi) is 5.54. The fourth-order valence-electron chi connectivity index (χ4n) is 3.19. The Morgan fingerprint density at radius 1 is 1.24 bits per heavy atom. The fourth-order valence-corrected chi connectivity index (χ4v) is 3.19. The first-order valence-corrected chi connectivity index (χ1v) is 9.30. The number of benzene rings is 1. The van der Waals surface area contributed by atoms with Gasteiger partial charge in [0.05, 0.1) is 12.2 Å². The highest BCUT2D eigenvalue weighted by atomic mass is 16.4. The van der Waals surface area contributed by atoms with Gasteiger partial charge in [0.2, 0.25) is 5.82 Å². The number of para-hydroxylation sites is 1. The lowest BCUT2D eigenvalue weighted by atomic mass is 10.0. The van der Waals surface area contributed by atoms with Crippen molar-refractivity contribution in [3.63, 3.8) is 0 Å². The van der Waals surface area contributed by atoms with Crippen LogP contribution in [0.15, 0.2) is 34.7 Å². The molecule has 8 heteroatoms. The lowest BCUT2D eigenvalue weighted by Gasteiger charge is -2.14. The third-order valence-corrected chi connectivity index (χ3v) is 4.69. The first-order valence-electron chi connectivity index (χ1n) is 9.30. The number of hydrogen-bond acceptors (Lipinski definition) is 5. The van der Waals surface area contributed by atoms with E-state index >= 15 is 0 Å². The second-order valence-electron chi connectivity index (χ2n) is 7.26. The molecule has 0 unspecified atom stereocenters. The lowest BCUT2D eigenvalue weighted by Crippen LogP contribution is -2.27. The summed E-state index contributed by atoms with van der Waals surface area (Å²) in [4.78, 5) is 29.7. The summed E-state index contributed by atoms with van der Waals surface area (Å²) in [7, 11) is 1.60. The average molecular weight is 396 g/mol. The van der Waals surface area contributed by atoms with Gasteiger partial charge in [-0.2, -0.15) is 0 Å². The van der Waals surface area contributed by atoms with Crippen LogP contribution in [0.5, 0.6) is 0 Å². The molecule has 0 aliphatic rings. The monoisotopic (exact) mass is 396 g/mol. The molecule has 3 aromatic rings. The number of carbonyl (C=O) groups is 2. The van der Waals surface area contributed by atoms with Gasteiger partial charge in [-0.1, -0.05) is 32.0 Å². The van der Waals surface area contributed by atoms with E-state index in [2.05, 4.69) is 23.9 Å². The number of rotatable bonds is 6. The van der Waals surface area contributed by atoms with Gasteiger partial charge in [0.25, 0.3) is 5.91 Å². The Morgan fingerprint density at radius 3 is 2.55 bits per heavy atom. The zero-order valence-corrected chi connectivity index (χ0v) is 17.1. The van der Waals surface area contributed by atoms with Crippen LogP contribution in [0, 0.1) is 13.8 Å². The molecular formula is C21H24N4O4. The Balaban J connectivity index is 1.85. The van der Waals surface area contributed by atoms with Crippen molar-refractivity contribution < 1.29 is 19.1 Å². The quantitative estimate of drug-likeness (QED) is 0.683. The number of aromatic nitrogens is 3. The van der Waals surface area contributed by atoms with Gasteiger partial charge in [0, 0.05) is 7.05 Å². The largest absolute Gasteiger partial charge is 0.478 e. The van der Waals surface area contributed by atoms with Crippen LogP contribution in [0.25, 0.3) is 5.69 Å². The third kappa shape index (κ3) is 4.06. The lowest BCUT2D eigenvalue weighted by molar-refractivity contribution is 0.0694. The molecule has 2 aromatic heterocycles. The maximum atomic E-state index is 12.8. The van der Waals surface area contributed by atoms with Gasteiger partial charge in [0.1, 0.15) is 22.9 Å². The summed E-state index contributed by atoms with van der Waals surface area (Å²) in [5, 5.41) is 13.6. The minimum atomic E-state index is -1.06. The topological polar surface area (TPSA) is 101 Å². The van der Waals surface area contributed by atoms with Gasteiger partial charge < -0.3 is 14.4 Å². The summed E-state index contributed by atoms with van der Waals surface area (Å²) in [5.41, 5.74) is 2.09. The molecule has 3 rings (SSSR count). The predicted molar refractivity (Wildman–Crippen MR) is 106 cm³/mol. The van der Waals surface area contributed by atoms with Crippen LogP contribution in [0.4, 0.5) is 0 Å². The van der Waals surface area contributed by atoms with Gasteiger partial charge in [0.15, 0.2) is 0 Å². The summed E-state index contributed by atoms with van der Waals surface area (Å²) in [5.74, 6) is 0.226. The Labute approximate surface area is 168 Å². The summed E-state index contributed by atoms with van der Waals surface area (Å²) in [6.07, 6.45) is 0. The zero-order valence-electron chi connectivity index (χ0n) is 17.1. The molecule has 0 aliphatic carbocycles. The van der Waals surface area contributed by atoms with Crippen molar-refractivity contribution in [2.45, 2.75) is 40.2 Å². The summed E-state index contributed by atoms with van der Waals surface area (Å²) in [6.45, 7) is 7.69. The Morgan fingerprint density at radius 2 is 1.93 bits per heavy atom. The number of carboxylic acids is 1. The van der Waals surface area contributed by atoms with Crippen molar-refractivity contribution in [3.05, 3.63) is 64.6 Å². The molecule has 0 bridgehead atoms. The first-order chi connectivity index (χ1) is 13.7. The third-order valence-electron chi connectivity index (χ3n) is 4.69. The molecular weight excluding hydrogens is 372 g/mol. The van der Waals surface area contributed by atoms with Crippen LogP contribution in [0.2, 0.25) is 0 Å². The summed E-state index contributed by atoms with van der Waals surface area (Å²) < 4.78 is 7.13. The SMILES string of the molecule is Cc1oc(CN(C)C(=O)c2nc(C)n(-c3ccccc3C(C)C)n2)cc1C(=O)O. The molecule has 152 valence electrons. The van der Waals surface area contributed by atoms with Crippen molar-refractivity contribution in [2.24, 2.45) is 0 Å². The van der Waals surface area contributed by atoms with Crippen LogP contribution < -0.4 is 0 Å². The van der Waals surface area contributed by atoms with Crippen molar-refractivity contribution in [1.82, 2.24) is 19.7 Å². The van der Waals surface area contributed by atoms with Crippen molar-refractivity contribution in [3.8, 4) is 5.69 Å². The standard InChI is InChI=1S/C21H24N4O4/c1-12(2)16-8-6-7-9-18(16)25-14(4)22-19(23-25)20(26)24(5)11-15-10-17(21(27)28)13(3)29-15/h6-10,12H,11H2,1-5H3,(H,27,28). The van der Waals surface area contributed by atoms with Gasteiger partial charge in [-0.3, -0.25) is 4.79 Å². The van der Waals surface area contributed by atoms with E-state index in [4.69, 9.17) is 9.52 Å². The minimum absolute atomic E-state index is 0.0743. The van der Waals surface area contributed by atoms with E-state index in [1.165, 1.54) is 11.0 Å². The van der Waals surface area contributed by atoms with Gasteiger partial charge in [-0.25, -0.2) is 14.5 Å². The van der Waals surface area contributed by atoms with Gasteiger partial charge >= 0.3 is 5.97 Å². The molecule has 0 atom stereocenters. The molecule has 0 fully saturated rings. The molecule has 0 saturated carbocycles. The molecule has 1 aromatic carbocycles. The van der Waals surface area contributed by atoms with E-state index in [1.807, 2.05) is 24.3 Å². The highest BCUT2D eigenvalue weighted by Crippen LogP contribution is 2.23. The maximum Gasteiger partial charge on any atom is 0.339 e. The van der Waals surface area contributed by atoms with Crippen molar-refractivity contribution in [1.29, 1.82) is 0 Å². The van der Waals surface area contributed by atoms with E-state index in [0.29, 0.717) is 23.3 Å². The van der Waals surface area contributed by atoms with Crippen LogP contribution in [-0.4, -0.2) is 43.7 Å². The number of carboxylic acid groups (broad SMARTS) is 1. The highest BCUT2D eigenvalue weighted by molar-refractivity contribution is 5.90. The first kappa shape index (κ1) is 20.3.